The molecule has 1 aliphatic heterocycles. The van der Waals surface area contributed by atoms with E-state index in [0.29, 0.717) is 37.4 Å². The predicted molar refractivity (Wildman–Crippen MR) is 107 cm³/mol. The Balaban J connectivity index is 1.79. The van der Waals surface area contributed by atoms with Gasteiger partial charge in [0.25, 0.3) is 0 Å². The number of ether oxygens (including phenoxy) is 2. The van der Waals surface area contributed by atoms with Crippen LogP contribution in [0, 0.1) is 0 Å². The summed E-state index contributed by atoms with van der Waals surface area (Å²) in [5.41, 5.74) is 1.62. The highest BCUT2D eigenvalue weighted by atomic mass is 79.9. The van der Waals surface area contributed by atoms with Crippen LogP contribution in [0.5, 0.6) is 0 Å². The predicted octanol–water partition coefficient (Wildman–Crippen LogP) is 4.31. The normalized spacial score (nSPS) is 15.6. The van der Waals surface area contributed by atoms with Gasteiger partial charge in [-0.2, -0.15) is 0 Å². The SMILES string of the molecule is COC(=O)Nc1ccc(NC(=O)C2(c3ccc(Br)cc3)CCOCC2)cc1. The first-order valence-corrected chi connectivity index (χ1v) is 9.43. The van der Waals surface area contributed by atoms with Crippen LogP contribution in [0.2, 0.25) is 0 Å². The third-order valence-electron chi connectivity index (χ3n) is 4.75. The van der Waals surface area contributed by atoms with Gasteiger partial charge in [-0.3, -0.25) is 10.1 Å². The minimum Gasteiger partial charge on any atom is -0.453 e. The zero-order valence-corrected chi connectivity index (χ0v) is 16.5. The van der Waals surface area contributed by atoms with E-state index in [9.17, 15) is 9.59 Å². The Morgan fingerprint density at radius 2 is 1.52 bits per heavy atom. The molecule has 6 nitrogen and oxygen atoms in total. The molecule has 27 heavy (non-hydrogen) atoms. The molecular formula is C20H21BrN2O4. The van der Waals surface area contributed by atoms with Gasteiger partial charge in [0.1, 0.15) is 0 Å². The van der Waals surface area contributed by atoms with E-state index in [1.807, 2.05) is 24.3 Å². The topological polar surface area (TPSA) is 76.7 Å². The molecule has 0 saturated carbocycles. The molecule has 0 spiro atoms. The quantitative estimate of drug-likeness (QED) is 0.754. The number of rotatable bonds is 4. The van der Waals surface area contributed by atoms with Crippen molar-refractivity contribution in [2.45, 2.75) is 18.3 Å². The van der Waals surface area contributed by atoms with Gasteiger partial charge in [0.05, 0.1) is 12.5 Å². The minimum absolute atomic E-state index is 0.0539. The lowest BCUT2D eigenvalue weighted by molar-refractivity contribution is -0.125. The van der Waals surface area contributed by atoms with Gasteiger partial charge in [0.2, 0.25) is 5.91 Å². The monoisotopic (exact) mass is 432 g/mol. The molecule has 1 aliphatic rings. The zero-order chi connectivity index (χ0) is 19.3. The molecular weight excluding hydrogens is 412 g/mol. The van der Waals surface area contributed by atoms with Gasteiger partial charge in [-0.1, -0.05) is 28.1 Å². The first-order chi connectivity index (χ1) is 13.0. The van der Waals surface area contributed by atoms with Gasteiger partial charge in [-0.25, -0.2) is 4.79 Å². The summed E-state index contributed by atoms with van der Waals surface area (Å²) in [6, 6.07) is 14.8. The van der Waals surface area contributed by atoms with Crippen LogP contribution in [0.25, 0.3) is 0 Å². The minimum atomic E-state index is -0.623. The number of hydrogen-bond donors (Lipinski definition) is 2. The second-order valence-electron chi connectivity index (χ2n) is 6.35. The lowest BCUT2D eigenvalue weighted by atomic mass is 9.73. The molecule has 2 aromatic carbocycles. The fraction of sp³-hybridized carbons (Fsp3) is 0.300. The Bertz CT molecular complexity index is 800. The van der Waals surface area contributed by atoms with Gasteiger partial charge in [0, 0.05) is 29.1 Å². The number of amides is 2. The van der Waals surface area contributed by atoms with Crippen molar-refractivity contribution in [1.29, 1.82) is 0 Å². The average Bonchev–Trinajstić information content (AvgIpc) is 2.70. The fourth-order valence-electron chi connectivity index (χ4n) is 3.19. The van der Waals surface area contributed by atoms with Crippen LogP contribution in [0.1, 0.15) is 18.4 Å². The number of anilines is 2. The van der Waals surface area contributed by atoms with Crippen LogP contribution in [0.15, 0.2) is 53.0 Å². The highest BCUT2D eigenvalue weighted by Gasteiger charge is 2.41. The van der Waals surface area contributed by atoms with Crippen LogP contribution in [0.4, 0.5) is 16.2 Å². The van der Waals surface area contributed by atoms with Gasteiger partial charge < -0.3 is 14.8 Å². The summed E-state index contributed by atoms with van der Waals surface area (Å²) in [6.07, 6.45) is 0.716. The second kappa shape index (κ2) is 8.54. The summed E-state index contributed by atoms with van der Waals surface area (Å²) >= 11 is 3.44. The number of nitrogens with one attached hydrogen (secondary N) is 2. The van der Waals surface area contributed by atoms with Crippen LogP contribution in [-0.2, 0) is 19.7 Å². The number of carbonyl (C=O) groups is 2. The van der Waals surface area contributed by atoms with Gasteiger partial charge >= 0.3 is 6.09 Å². The maximum Gasteiger partial charge on any atom is 0.411 e. The van der Waals surface area contributed by atoms with E-state index in [1.54, 1.807) is 24.3 Å². The molecule has 2 amide bonds. The second-order valence-corrected chi connectivity index (χ2v) is 7.27. The Labute approximate surface area is 166 Å². The molecule has 0 aliphatic carbocycles. The molecule has 2 N–H and O–H groups in total. The summed E-state index contributed by atoms with van der Waals surface area (Å²) < 4.78 is 11.0. The largest absolute Gasteiger partial charge is 0.453 e. The maximum atomic E-state index is 13.2. The van der Waals surface area contributed by atoms with Crippen LogP contribution < -0.4 is 10.6 Å². The molecule has 1 heterocycles. The van der Waals surface area contributed by atoms with Crippen molar-refractivity contribution < 1.29 is 19.1 Å². The Morgan fingerprint density at radius 1 is 0.963 bits per heavy atom. The molecule has 0 atom stereocenters. The summed E-state index contributed by atoms with van der Waals surface area (Å²) in [5.74, 6) is -0.0539. The van der Waals surface area contributed by atoms with E-state index >= 15 is 0 Å². The molecule has 0 unspecified atom stereocenters. The average molecular weight is 433 g/mol. The summed E-state index contributed by atoms with van der Waals surface area (Å²) in [7, 11) is 1.30. The van der Waals surface area contributed by atoms with Gasteiger partial charge in [-0.15, -0.1) is 0 Å². The maximum absolute atomic E-state index is 13.2. The van der Waals surface area contributed by atoms with Crippen LogP contribution >= 0.6 is 15.9 Å². The number of methoxy groups -OCH3 is 1. The van der Waals surface area contributed by atoms with Crippen molar-refractivity contribution in [3.63, 3.8) is 0 Å². The van der Waals surface area contributed by atoms with Crippen molar-refractivity contribution in [2.75, 3.05) is 31.0 Å². The number of halogens is 1. The van der Waals surface area contributed by atoms with Gasteiger partial charge in [0.15, 0.2) is 0 Å². The van der Waals surface area contributed by atoms with Crippen molar-refractivity contribution >= 4 is 39.3 Å². The third-order valence-corrected chi connectivity index (χ3v) is 5.28. The van der Waals surface area contributed by atoms with Crippen molar-refractivity contribution in [1.82, 2.24) is 0 Å². The lowest BCUT2D eigenvalue weighted by Gasteiger charge is -2.36. The van der Waals surface area contributed by atoms with Crippen LogP contribution in [-0.4, -0.2) is 32.3 Å². The number of benzene rings is 2. The summed E-state index contributed by atoms with van der Waals surface area (Å²) in [4.78, 5) is 24.5. The molecule has 3 rings (SSSR count). The van der Waals surface area contributed by atoms with E-state index < -0.39 is 11.5 Å². The standard InChI is InChI=1S/C20H21BrN2O4/c1-26-19(25)23-17-8-6-16(7-9-17)22-18(24)20(10-12-27-13-11-20)14-2-4-15(21)5-3-14/h2-9H,10-13H2,1H3,(H,22,24)(H,23,25). The smallest absolute Gasteiger partial charge is 0.411 e. The highest BCUT2D eigenvalue weighted by molar-refractivity contribution is 9.10. The van der Waals surface area contributed by atoms with E-state index in [4.69, 9.17) is 4.74 Å². The molecule has 1 fully saturated rings. The van der Waals surface area contributed by atoms with E-state index in [2.05, 4.69) is 31.3 Å². The number of hydrogen-bond acceptors (Lipinski definition) is 4. The molecule has 7 heteroatoms. The first-order valence-electron chi connectivity index (χ1n) is 8.64. The Hall–Kier alpha value is -2.38. The molecule has 142 valence electrons. The lowest BCUT2D eigenvalue weighted by Crippen LogP contribution is -2.44. The highest BCUT2D eigenvalue weighted by Crippen LogP contribution is 2.36. The molecule has 1 saturated heterocycles. The summed E-state index contributed by atoms with van der Waals surface area (Å²) in [6.45, 7) is 1.09. The molecule has 2 aromatic rings. The van der Waals surface area contributed by atoms with E-state index in [0.717, 1.165) is 10.0 Å². The van der Waals surface area contributed by atoms with E-state index in [1.165, 1.54) is 7.11 Å². The molecule has 0 bridgehead atoms. The fourth-order valence-corrected chi connectivity index (χ4v) is 3.46. The van der Waals surface area contributed by atoms with Crippen LogP contribution in [0.3, 0.4) is 0 Å². The van der Waals surface area contributed by atoms with Crippen molar-refractivity contribution in [3.8, 4) is 0 Å². The van der Waals surface area contributed by atoms with Crippen molar-refractivity contribution in [3.05, 3.63) is 58.6 Å². The van der Waals surface area contributed by atoms with E-state index in [-0.39, 0.29) is 5.91 Å². The number of carbonyl (C=O) groups excluding carboxylic acids is 2. The third kappa shape index (κ3) is 4.48. The Morgan fingerprint density at radius 3 is 2.07 bits per heavy atom. The summed E-state index contributed by atoms with van der Waals surface area (Å²) in [5, 5.41) is 5.59. The first kappa shape index (κ1) is 19.4. The Kier molecular flexibility index (Phi) is 6.13. The van der Waals surface area contributed by atoms with Crippen molar-refractivity contribution in [2.24, 2.45) is 0 Å². The molecule has 0 radical (unpaired) electrons. The van der Waals surface area contributed by atoms with Gasteiger partial charge in [-0.05, 0) is 54.8 Å². The zero-order valence-electron chi connectivity index (χ0n) is 15.0. The molecule has 0 aromatic heterocycles.